The first-order chi connectivity index (χ1) is 11.2. The van der Waals surface area contributed by atoms with Crippen LogP contribution in [0.5, 0.6) is 0 Å². The van der Waals surface area contributed by atoms with E-state index in [4.69, 9.17) is 4.74 Å². The van der Waals surface area contributed by atoms with Gasteiger partial charge < -0.3 is 25.2 Å². The van der Waals surface area contributed by atoms with Crippen molar-refractivity contribution >= 4 is 5.96 Å². The average molecular weight is 326 g/mol. The van der Waals surface area contributed by atoms with Crippen molar-refractivity contribution in [1.29, 1.82) is 0 Å². The Balaban J connectivity index is 1.54. The zero-order valence-electron chi connectivity index (χ0n) is 15.2. The molecule has 0 amide bonds. The summed E-state index contributed by atoms with van der Waals surface area (Å²) in [7, 11) is 3.97. The van der Waals surface area contributed by atoms with E-state index < -0.39 is 0 Å². The second kappa shape index (κ2) is 10.1. The largest absolute Gasteiger partial charge is 0.374 e. The molecule has 134 valence electrons. The molecule has 6 heteroatoms. The summed E-state index contributed by atoms with van der Waals surface area (Å²) in [6.07, 6.45) is 4.12. The van der Waals surface area contributed by atoms with Gasteiger partial charge in [0.2, 0.25) is 0 Å². The number of hydrogen-bond donors (Lipinski definition) is 2. The second-order valence-corrected chi connectivity index (χ2v) is 7.01. The summed E-state index contributed by atoms with van der Waals surface area (Å²) in [5.41, 5.74) is 0. The number of piperidine rings is 1. The van der Waals surface area contributed by atoms with Crippen LogP contribution in [0.15, 0.2) is 4.99 Å². The van der Waals surface area contributed by atoms with Gasteiger partial charge in [0.15, 0.2) is 5.96 Å². The first-order valence-electron chi connectivity index (χ1n) is 9.14. The van der Waals surface area contributed by atoms with E-state index in [0.717, 1.165) is 51.1 Å². The fraction of sp³-hybridized carbons (Fsp3) is 0.941. The van der Waals surface area contributed by atoms with Crippen LogP contribution < -0.4 is 10.6 Å². The Hall–Kier alpha value is -0.850. The Morgan fingerprint density at radius 2 is 2.00 bits per heavy atom. The molecule has 2 aliphatic heterocycles. The van der Waals surface area contributed by atoms with Crippen LogP contribution in [0.2, 0.25) is 0 Å². The Morgan fingerprint density at radius 1 is 1.22 bits per heavy atom. The number of likely N-dealkylation sites (N-methyl/N-ethyl adjacent to an activating group) is 1. The monoisotopic (exact) mass is 325 g/mol. The third-order valence-corrected chi connectivity index (χ3v) is 4.88. The highest BCUT2D eigenvalue weighted by Crippen LogP contribution is 2.15. The standard InChI is InChI=1S/C17H35N5O/c1-15-5-9-22(10-6-15)8-4-7-19-17(18-2)20-13-16-14-21(3)11-12-23-16/h15-16H,4-14H2,1-3H3,(H2,18,19,20). The predicted octanol–water partition coefficient (Wildman–Crippen LogP) is 0.604. The Kier molecular flexibility index (Phi) is 8.12. The molecule has 2 aliphatic rings. The minimum Gasteiger partial charge on any atom is -0.374 e. The van der Waals surface area contributed by atoms with Gasteiger partial charge in [0.25, 0.3) is 0 Å². The molecule has 2 fully saturated rings. The maximum Gasteiger partial charge on any atom is 0.191 e. The van der Waals surface area contributed by atoms with Gasteiger partial charge >= 0.3 is 0 Å². The van der Waals surface area contributed by atoms with Crippen LogP contribution in [0, 0.1) is 5.92 Å². The van der Waals surface area contributed by atoms with Crippen LogP contribution in [0.25, 0.3) is 0 Å². The lowest BCUT2D eigenvalue weighted by atomic mass is 9.99. The fourth-order valence-electron chi connectivity index (χ4n) is 3.22. The van der Waals surface area contributed by atoms with Crippen LogP contribution in [0.3, 0.4) is 0 Å². The van der Waals surface area contributed by atoms with Crippen LogP contribution in [0.4, 0.5) is 0 Å². The first kappa shape index (κ1) is 18.5. The number of nitrogens with one attached hydrogen (secondary N) is 2. The smallest absolute Gasteiger partial charge is 0.191 e. The highest BCUT2D eigenvalue weighted by atomic mass is 16.5. The minimum atomic E-state index is 0.252. The normalized spacial score (nSPS) is 25.5. The van der Waals surface area contributed by atoms with Crippen LogP contribution >= 0.6 is 0 Å². The Bertz CT molecular complexity index is 355. The molecule has 2 saturated heterocycles. The molecule has 0 radical (unpaired) electrons. The van der Waals surface area contributed by atoms with Crippen molar-refractivity contribution in [3.05, 3.63) is 0 Å². The number of aliphatic imine (C=N–C) groups is 1. The molecule has 0 aromatic rings. The van der Waals surface area contributed by atoms with E-state index in [1.807, 2.05) is 7.05 Å². The number of likely N-dealkylation sites (tertiary alicyclic amines) is 1. The van der Waals surface area contributed by atoms with E-state index >= 15 is 0 Å². The number of morpholine rings is 1. The molecular weight excluding hydrogens is 290 g/mol. The second-order valence-electron chi connectivity index (χ2n) is 7.01. The maximum atomic E-state index is 5.76. The molecule has 6 nitrogen and oxygen atoms in total. The lowest BCUT2D eigenvalue weighted by Gasteiger charge is -2.31. The maximum absolute atomic E-state index is 5.76. The van der Waals surface area contributed by atoms with Gasteiger partial charge in [0.05, 0.1) is 12.7 Å². The summed E-state index contributed by atoms with van der Waals surface area (Å²) in [4.78, 5) is 9.20. The number of rotatable bonds is 6. The van der Waals surface area contributed by atoms with Gasteiger partial charge in [-0.15, -0.1) is 0 Å². The van der Waals surface area contributed by atoms with E-state index in [2.05, 4.69) is 39.4 Å². The van der Waals surface area contributed by atoms with Crippen LogP contribution in [-0.4, -0.2) is 88.4 Å². The van der Waals surface area contributed by atoms with Crippen molar-refractivity contribution in [3.8, 4) is 0 Å². The molecule has 0 spiro atoms. The molecule has 0 aromatic heterocycles. The van der Waals surface area contributed by atoms with Gasteiger partial charge in [-0.3, -0.25) is 4.99 Å². The molecule has 2 heterocycles. The number of hydrogen-bond acceptors (Lipinski definition) is 4. The molecule has 0 aliphatic carbocycles. The van der Waals surface area contributed by atoms with Gasteiger partial charge in [-0.2, -0.15) is 0 Å². The summed E-state index contributed by atoms with van der Waals surface area (Å²) in [6, 6.07) is 0. The zero-order valence-corrected chi connectivity index (χ0v) is 15.2. The highest BCUT2D eigenvalue weighted by Gasteiger charge is 2.18. The van der Waals surface area contributed by atoms with Crippen molar-refractivity contribution < 1.29 is 4.74 Å². The van der Waals surface area contributed by atoms with Crippen molar-refractivity contribution in [2.45, 2.75) is 32.3 Å². The molecule has 1 unspecified atom stereocenters. The number of ether oxygens (including phenoxy) is 1. The molecule has 0 bridgehead atoms. The summed E-state index contributed by atoms with van der Waals surface area (Å²) in [5.74, 6) is 1.79. The molecule has 23 heavy (non-hydrogen) atoms. The summed E-state index contributed by atoms with van der Waals surface area (Å²) < 4.78 is 5.76. The van der Waals surface area contributed by atoms with Crippen molar-refractivity contribution in [1.82, 2.24) is 20.4 Å². The Morgan fingerprint density at radius 3 is 2.70 bits per heavy atom. The van der Waals surface area contributed by atoms with Crippen molar-refractivity contribution in [2.24, 2.45) is 10.9 Å². The van der Waals surface area contributed by atoms with Crippen LogP contribution in [0.1, 0.15) is 26.2 Å². The van der Waals surface area contributed by atoms with Gasteiger partial charge in [0.1, 0.15) is 0 Å². The van der Waals surface area contributed by atoms with Crippen molar-refractivity contribution in [3.63, 3.8) is 0 Å². The van der Waals surface area contributed by atoms with E-state index in [1.165, 1.54) is 32.5 Å². The third-order valence-electron chi connectivity index (χ3n) is 4.88. The van der Waals surface area contributed by atoms with Gasteiger partial charge in [-0.1, -0.05) is 6.92 Å². The van der Waals surface area contributed by atoms with E-state index in [1.54, 1.807) is 0 Å². The lowest BCUT2D eigenvalue weighted by molar-refractivity contribution is -0.0161. The third kappa shape index (κ3) is 7.06. The number of guanidine groups is 1. The molecule has 0 aromatic carbocycles. The molecule has 0 saturated carbocycles. The average Bonchev–Trinajstić information content (AvgIpc) is 2.56. The van der Waals surface area contributed by atoms with Crippen LogP contribution in [-0.2, 0) is 4.74 Å². The molecule has 2 rings (SSSR count). The highest BCUT2D eigenvalue weighted by molar-refractivity contribution is 5.79. The molecular formula is C17H35N5O. The summed E-state index contributed by atoms with van der Waals surface area (Å²) in [5, 5.41) is 6.79. The fourth-order valence-corrected chi connectivity index (χ4v) is 3.22. The molecule has 1 atom stereocenters. The zero-order chi connectivity index (χ0) is 16.5. The number of nitrogens with zero attached hydrogens (tertiary/aromatic N) is 3. The molecule has 2 N–H and O–H groups in total. The minimum absolute atomic E-state index is 0.252. The Labute approximate surface area is 141 Å². The predicted molar refractivity (Wildman–Crippen MR) is 96.1 cm³/mol. The van der Waals surface area contributed by atoms with Crippen molar-refractivity contribution in [2.75, 3.05) is 66.5 Å². The van der Waals surface area contributed by atoms with Gasteiger partial charge in [-0.25, -0.2) is 0 Å². The van der Waals surface area contributed by atoms with Gasteiger partial charge in [0, 0.05) is 33.2 Å². The van der Waals surface area contributed by atoms with E-state index in [-0.39, 0.29) is 6.10 Å². The lowest BCUT2D eigenvalue weighted by Crippen LogP contribution is -2.48. The van der Waals surface area contributed by atoms with E-state index in [0.29, 0.717) is 0 Å². The first-order valence-corrected chi connectivity index (χ1v) is 9.14. The summed E-state index contributed by atoms with van der Waals surface area (Å²) in [6.45, 7) is 10.7. The quantitative estimate of drug-likeness (QED) is 0.426. The van der Waals surface area contributed by atoms with Gasteiger partial charge in [-0.05, 0) is 51.9 Å². The SMILES string of the molecule is CN=C(NCCCN1CCC(C)CC1)NCC1CN(C)CCO1. The van der Waals surface area contributed by atoms with E-state index in [9.17, 15) is 0 Å². The topological polar surface area (TPSA) is 52.1 Å². The summed E-state index contributed by atoms with van der Waals surface area (Å²) >= 11 is 0.